The molecule has 0 atom stereocenters. The van der Waals surface area contributed by atoms with Crippen LogP contribution in [0.2, 0.25) is 0 Å². The molecule has 0 amide bonds. The fourth-order valence-corrected chi connectivity index (χ4v) is 8.33. The number of nitrogens with zero attached hydrogens (tertiary/aromatic N) is 2. The minimum Gasteiger partial charge on any atom is -0.456 e. The van der Waals surface area contributed by atoms with Crippen molar-refractivity contribution in [2.75, 3.05) is 0 Å². The molecule has 0 aliphatic carbocycles. The Bertz CT molecular complexity index is 3250. The first-order chi connectivity index (χ1) is 27.3. The van der Waals surface area contributed by atoms with Crippen LogP contribution in [0.1, 0.15) is 0 Å². The highest BCUT2D eigenvalue weighted by atomic mass is 16.3. The molecule has 55 heavy (non-hydrogen) atoms. The van der Waals surface area contributed by atoms with Gasteiger partial charge in [0.05, 0.1) is 11.4 Å². The standard InChI is InChI=1S/C52H32N2O/c1-2-14-34(15-3-1)46-32-47(41-20-9-8-19-40(41)42-22-12-24-49-51(42)44-21-10-11-23-48(44)55-49)54-52(53-46)36-27-25-35(26-28-36)50-39-18-7-5-16-37(39)31-45-38-17-6-4-13-33(38)29-30-43(45)50/h1-32H. The molecule has 0 radical (unpaired) electrons. The summed E-state index contributed by atoms with van der Waals surface area (Å²) in [6.07, 6.45) is 0. The van der Waals surface area contributed by atoms with Crippen molar-refractivity contribution in [2.45, 2.75) is 0 Å². The molecule has 3 nitrogen and oxygen atoms in total. The summed E-state index contributed by atoms with van der Waals surface area (Å²) in [6, 6.07) is 68.6. The van der Waals surface area contributed by atoms with E-state index < -0.39 is 0 Å². The smallest absolute Gasteiger partial charge is 0.160 e. The highest BCUT2D eigenvalue weighted by Gasteiger charge is 2.19. The molecular weight excluding hydrogens is 669 g/mol. The Hall–Kier alpha value is -7.36. The second kappa shape index (κ2) is 12.6. The van der Waals surface area contributed by atoms with E-state index in [1.807, 2.05) is 24.3 Å². The zero-order chi connectivity index (χ0) is 36.3. The maximum Gasteiger partial charge on any atom is 0.160 e. The first kappa shape index (κ1) is 31.2. The summed E-state index contributed by atoms with van der Waals surface area (Å²) in [4.78, 5) is 10.5. The van der Waals surface area contributed by atoms with Crippen molar-refractivity contribution >= 4 is 54.3 Å². The number of hydrogen-bond acceptors (Lipinski definition) is 3. The molecule has 11 rings (SSSR count). The minimum atomic E-state index is 0.679. The van der Waals surface area contributed by atoms with Crippen LogP contribution < -0.4 is 0 Å². The van der Waals surface area contributed by atoms with E-state index in [0.29, 0.717) is 5.82 Å². The van der Waals surface area contributed by atoms with Crippen molar-refractivity contribution in [3.63, 3.8) is 0 Å². The van der Waals surface area contributed by atoms with Gasteiger partial charge in [0.25, 0.3) is 0 Å². The number of aromatic nitrogens is 2. The zero-order valence-electron chi connectivity index (χ0n) is 29.8. The molecule has 0 unspecified atom stereocenters. The third-order valence-electron chi connectivity index (χ3n) is 10.9. The highest BCUT2D eigenvalue weighted by Crippen LogP contribution is 2.42. The number of hydrogen-bond donors (Lipinski definition) is 0. The van der Waals surface area contributed by atoms with Crippen molar-refractivity contribution < 1.29 is 4.42 Å². The SMILES string of the molecule is c1ccc(-c2cc(-c3ccccc3-c3cccc4oc5ccccc5c34)nc(-c3ccc(-c4c5ccccc5cc5c4ccc4ccccc45)cc3)n2)cc1. The quantitative estimate of drug-likeness (QED) is 0.133. The number of furan rings is 1. The van der Waals surface area contributed by atoms with Crippen molar-refractivity contribution in [3.8, 4) is 56.2 Å². The second-order valence-electron chi connectivity index (χ2n) is 14.1. The molecule has 0 saturated heterocycles. The van der Waals surface area contributed by atoms with Crippen molar-refractivity contribution in [3.05, 3.63) is 194 Å². The molecule has 0 fully saturated rings. The molecule has 0 saturated carbocycles. The Morgan fingerprint density at radius 3 is 1.82 bits per heavy atom. The molecule has 11 aromatic rings. The molecule has 2 heterocycles. The van der Waals surface area contributed by atoms with Gasteiger partial charge in [-0.05, 0) is 78.8 Å². The normalized spacial score (nSPS) is 11.6. The number of para-hydroxylation sites is 1. The third kappa shape index (κ3) is 5.20. The van der Waals surface area contributed by atoms with Gasteiger partial charge in [-0.3, -0.25) is 0 Å². The lowest BCUT2D eigenvalue weighted by molar-refractivity contribution is 0.669. The highest BCUT2D eigenvalue weighted by molar-refractivity contribution is 6.20. The summed E-state index contributed by atoms with van der Waals surface area (Å²) in [5.74, 6) is 0.679. The van der Waals surface area contributed by atoms with Crippen molar-refractivity contribution in [1.29, 1.82) is 0 Å². The van der Waals surface area contributed by atoms with Crippen LogP contribution in [0.15, 0.2) is 199 Å². The summed E-state index contributed by atoms with van der Waals surface area (Å²) in [6.45, 7) is 0. The lowest BCUT2D eigenvalue weighted by Gasteiger charge is -2.15. The molecular formula is C52H32N2O. The lowest BCUT2D eigenvalue weighted by Crippen LogP contribution is -1.97. The zero-order valence-corrected chi connectivity index (χ0v) is 29.8. The van der Waals surface area contributed by atoms with Gasteiger partial charge in [-0.2, -0.15) is 0 Å². The number of rotatable bonds is 5. The number of fused-ring (bicyclic) bond motifs is 7. The van der Waals surface area contributed by atoms with Crippen LogP contribution in [-0.4, -0.2) is 9.97 Å². The third-order valence-corrected chi connectivity index (χ3v) is 10.9. The van der Waals surface area contributed by atoms with Gasteiger partial charge in [-0.1, -0.05) is 170 Å². The van der Waals surface area contributed by atoms with Gasteiger partial charge in [0.2, 0.25) is 0 Å². The van der Waals surface area contributed by atoms with Gasteiger partial charge in [0, 0.05) is 27.5 Å². The Morgan fingerprint density at radius 1 is 0.327 bits per heavy atom. The van der Waals surface area contributed by atoms with E-state index in [4.69, 9.17) is 14.4 Å². The maximum atomic E-state index is 6.30. The van der Waals surface area contributed by atoms with Gasteiger partial charge in [-0.15, -0.1) is 0 Å². The van der Waals surface area contributed by atoms with Crippen LogP contribution in [0.25, 0.3) is 110 Å². The predicted octanol–water partition coefficient (Wildman–Crippen LogP) is 14.2. The number of benzene rings is 9. The van der Waals surface area contributed by atoms with E-state index in [1.165, 1.54) is 37.9 Å². The van der Waals surface area contributed by atoms with Gasteiger partial charge >= 0.3 is 0 Å². The van der Waals surface area contributed by atoms with Gasteiger partial charge in [0.15, 0.2) is 5.82 Å². The summed E-state index contributed by atoms with van der Waals surface area (Å²) in [5, 5.41) is 9.68. The van der Waals surface area contributed by atoms with Crippen LogP contribution in [-0.2, 0) is 0 Å². The average Bonchev–Trinajstić information content (AvgIpc) is 3.65. The summed E-state index contributed by atoms with van der Waals surface area (Å²) < 4.78 is 6.30. The van der Waals surface area contributed by atoms with Crippen LogP contribution >= 0.6 is 0 Å². The van der Waals surface area contributed by atoms with Gasteiger partial charge in [-0.25, -0.2) is 9.97 Å². The van der Waals surface area contributed by atoms with Gasteiger partial charge in [0.1, 0.15) is 11.2 Å². The first-order valence-corrected chi connectivity index (χ1v) is 18.7. The minimum absolute atomic E-state index is 0.679. The molecule has 256 valence electrons. The predicted molar refractivity (Wildman–Crippen MR) is 229 cm³/mol. The molecule has 2 aromatic heterocycles. The second-order valence-corrected chi connectivity index (χ2v) is 14.1. The average molecular weight is 701 g/mol. The molecule has 3 heteroatoms. The van der Waals surface area contributed by atoms with Crippen LogP contribution in [0, 0.1) is 0 Å². The van der Waals surface area contributed by atoms with Crippen molar-refractivity contribution in [1.82, 2.24) is 9.97 Å². The van der Waals surface area contributed by atoms with E-state index in [0.717, 1.165) is 66.7 Å². The fraction of sp³-hybridized carbons (Fsp3) is 0. The van der Waals surface area contributed by atoms with Gasteiger partial charge < -0.3 is 4.42 Å². The summed E-state index contributed by atoms with van der Waals surface area (Å²) in [5.41, 5.74) is 11.1. The lowest BCUT2D eigenvalue weighted by atomic mass is 9.89. The Kier molecular flexibility index (Phi) is 7.17. The Morgan fingerprint density at radius 2 is 0.964 bits per heavy atom. The molecule has 9 aromatic carbocycles. The van der Waals surface area contributed by atoms with Crippen LogP contribution in [0.3, 0.4) is 0 Å². The molecule has 0 bridgehead atoms. The molecule has 0 aliphatic rings. The monoisotopic (exact) mass is 700 g/mol. The molecule has 0 aliphatic heterocycles. The van der Waals surface area contributed by atoms with Crippen LogP contribution in [0.5, 0.6) is 0 Å². The topological polar surface area (TPSA) is 38.9 Å². The van der Waals surface area contributed by atoms with E-state index in [2.05, 4.69) is 170 Å². The fourth-order valence-electron chi connectivity index (χ4n) is 8.33. The first-order valence-electron chi connectivity index (χ1n) is 18.7. The summed E-state index contributed by atoms with van der Waals surface area (Å²) in [7, 11) is 0. The molecule has 0 N–H and O–H groups in total. The largest absolute Gasteiger partial charge is 0.456 e. The van der Waals surface area contributed by atoms with Crippen LogP contribution in [0.4, 0.5) is 0 Å². The van der Waals surface area contributed by atoms with Crippen molar-refractivity contribution in [2.24, 2.45) is 0 Å². The van der Waals surface area contributed by atoms with E-state index in [-0.39, 0.29) is 0 Å². The Balaban J connectivity index is 1.09. The Labute approximate surface area is 317 Å². The molecule has 0 spiro atoms. The summed E-state index contributed by atoms with van der Waals surface area (Å²) >= 11 is 0. The van der Waals surface area contributed by atoms with E-state index in [9.17, 15) is 0 Å². The van der Waals surface area contributed by atoms with E-state index in [1.54, 1.807) is 0 Å². The maximum absolute atomic E-state index is 6.30. The van der Waals surface area contributed by atoms with E-state index >= 15 is 0 Å².